The van der Waals surface area contributed by atoms with Crippen LogP contribution in [0.4, 0.5) is 4.79 Å². The van der Waals surface area contributed by atoms with Gasteiger partial charge in [-0.2, -0.15) is 5.10 Å². The van der Waals surface area contributed by atoms with Gasteiger partial charge in [0.15, 0.2) is 0 Å². The van der Waals surface area contributed by atoms with Crippen LogP contribution < -0.4 is 0 Å². The highest BCUT2D eigenvalue weighted by molar-refractivity contribution is 5.68. The van der Waals surface area contributed by atoms with Gasteiger partial charge >= 0.3 is 6.09 Å². The van der Waals surface area contributed by atoms with Gasteiger partial charge in [0.2, 0.25) is 0 Å². The lowest BCUT2D eigenvalue weighted by Crippen LogP contribution is -2.35. The Morgan fingerprint density at radius 2 is 2.19 bits per heavy atom. The van der Waals surface area contributed by atoms with E-state index in [1.165, 1.54) is 0 Å². The van der Waals surface area contributed by atoms with E-state index in [1.54, 1.807) is 24.3 Å². The molecular formula is C11H19N3O2. The second-order valence-electron chi connectivity index (χ2n) is 4.80. The van der Waals surface area contributed by atoms with Gasteiger partial charge in [-0.05, 0) is 27.7 Å². The Morgan fingerprint density at radius 3 is 2.62 bits per heavy atom. The molecule has 1 unspecified atom stereocenters. The van der Waals surface area contributed by atoms with Crippen LogP contribution in [0.2, 0.25) is 0 Å². The van der Waals surface area contributed by atoms with Crippen molar-refractivity contribution in [3.63, 3.8) is 0 Å². The number of nitrogens with one attached hydrogen (secondary N) is 1. The Kier molecular flexibility index (Phi) is 3.57. The largest absolute Gasteiger partial charge is 0.444 e. The monoisotopic (exact) mass is 225 g/mol. The Hall–Kier alpha value is -1.52. The molecule has 0 saturated heterocycles. The van der Waals surface area contributed by atoms with Gasteiger partial charge in [-0.1, -0.05) is 0 Å². The lowest BCUT2D eigenvalue weighted by Gasteiger charge is -2.28. The van der Waals surface area contributed by atoms with E-state index in [9.17, 15) is 4.79 Å². The minimum atomic E-state index is -0.471. The molecule has 0 bridgehead atoms. The fourth-order valence-corrected chi connectivity index (χ4v) is 1.20. The van der Waals surface area contributed by atoms with Gasteiger partial charge in [0.05, 0.1) is 12.2 Å². The van der Waals surface area contributed by atoms with Gasteiger partial charge in [0.1, 0.15) is 5.60 Å². The predicted molar refractivity (Wildman–Crippen MR) is 61.0 cm³/mol. The van der Waals surface area contributed by atoms with E-state index >= 15 is 0 Å². The molecular weight excluding hydrogens is 206 g/mol. The van der Waals surface area contributed by atoms with E-state index in [2.05, 4.69) is 10.2 Å². The van der Waals surface area contributed by atoms with Crippen molar-refractivity contribution in [1.82, 2.24) is 15.1 Å². The Labute approximate surface area is 95.8 Å². The number of amides is 1. The zero-order valence-electron chi connectivity index (χ0n) is 10.4. The van der Waals surface area contributed by atoms with E-state index in [-0.39, 0.29) is 12.1 Å². The molecule has 1 N–H and O–H groups in total. The molecule has 0 radical (unpaired) electrons. The lowest BCUT2D eigenvalue weighted by atomic mass is 10.2. The normalized spacial score (nSPS) is 13.3. The van der Waals surface area contributed by atoms with E-state index in [0.717, 1.165) is 5.56 Å². The van der Waals surface area contributed by atoms with Crippen LogP contribution in [0.3, 0.4) is 0 Å². The van der Waals surface area contributed by atoms with Crippen molar-refractivity contribution in [2.24, 2.45) is 0 Å². The van der Waals surface area contributed by atoms with Crippen molar-refractivity contribution in [3.8, 4) is 0 Å². The first-order valence-electron chi connectivity index (χ1n) is 5.26. The topological polar surface area (TPSA) is 58.2 Å². The number of H-pyrrole nitrogens is 1. The first-order valence-corrected chi connectivity index (χ1v) is 5.26. The molecule has 0 aliphatic carbocycles. The standard InChI is InChI=1S/C11H19N3O2/c1-8(9-6-12-13-7-9)14(5)10(15)16-11(2,3)4/h6-8H,1-5H3,(H,12,13). The molecule has 5 nitrogen and oxygen atoms in total. The summed E-state index contributed by atoms with van der Waals surface area (Å²) < 4.78 is 5.28. The number of carbonyl (C=O) groups excluding carboxylic acids is 1. The quantitative estimate of drug-likeness (QED) is 0.840. The smallest absolute Gasteiger partial charge is 0.410 e. The highest BCUT2D eigenvalue weighted by atomic mass is 16.6. The van der Waals surface area contributed by atoms with Crippen LogP contribution in [0.5, 0.6) is 0 Å². The van der Waals surface area contributed by atoms with Gasteiger partial charge in [0.25, 0.3) is 0 Å². The van der Waals surface area contributed by atoms with Crippen molar-refractivity contribution < 1.29 is 9.53 Å². The molecule has 0 spiro atoms. The molecule has 1 atom stereocenters. The molecule has 0 fully saturated rings. The summed E-state index contributed by atoms with van der Waals surface area (Å²) in [7, 11) is 1.71. The average molecular weight is 225 g/mol. The first kappa shape index (κ1) is 12.5. The molecule has 1 aromatic rings. The summed E-state index contributed by atoms with van der Waals surface area (Å²) >= 11 is 0. The summed E-state index contributed by atoms with van der Waals surface area (Å²) in [6, 6.07) is -0.0615. The molecule has 0 saturated carbocycles. The van der Waals surface area contributed by atoms with Crippen molar-refractivity contribution in [2.75, 3.05) is 7.05 Å². The molecule has 16 heavy (non-hydrogen) atoms. The number of aromatic amines is 1. The third-order valence-electron chi connectivity index (χ3n) is 2.26. The summed E-state index contributed by atoms with van der Waals surface area (Å²) in [5, 5.41) is 6.58. The number of carbonyl (C=O) groups is 1. The number of hydrogen-bond acceptors (Lipinski definition) is 3. The maximum Gasteiger partial charge on any atom is 0.410 e. The number of nitrogens with zero attached hydrogens (tertiary/aromatic N) is 2. The first-order chi connectivity index (χ1) is 7.31. The second kappa shape index (κ2) is 4.55. The molecule has 1 heterocycles. The minimum absolute atomic E-state index is 0.0615. The van der Waals surface area contributed by atoms with E-state index in [1.807, 2.05) is 27.7 Å². The van der Waals surface area contributed by atoms with Crippen LogP contribution in [0.25, 0.3) is 0 Å². The Bertz CT molecular complexity index is 341. The highest BCUT2D eigenvalue weighted by Crippen LogP contribution is 2.19. The van der Waals surface area contributed by atoms with Crippen molar-refractivity contribution >= 4 is 6.09 Å². The van der Waals surface area contributed by atoms with Crippen molar-refractivity contribution in [3.05, 3.63) is 18.0 Å². The molecule has 0 aliphatic heterocycles. The maximum atomic E-state index is 11.8. The molecule has 1 aromatic heterocycles. The Balaban J connectivity index is 2.64. The molecule has 1 amide bonds. The molecule has 5 heteroatoms. The summed E-state index contributed by atoms with van der Waals surface area (Å²) in [5.74, 6) is 0. The van der Waals surface area contributed by atoms with Crippen LogP contribution in [-0.4, -0.2) is 33.8 Å². The third kappa shape index (κ3) is 3.25. The second-order valence-corrected chi connectivity index (χ2v) is 4.80. The Morgan fingerprint density at radius 1 is 1.56 bits per heavy atom. The third-order valence-corrected chi connectivity index (χ3v) is 2.26. The van der Waals surface area contributed by atoms with Gasteiger partial charge in [-0.15, -0.1) is 0 Å². The van der Waals surface area contributed by atoms with Gasteiger partial charge in [0, 0.05) is 18.8 Å². The van der Waals surface area contributed by atoms with Crippen LogP contribution >= 0.6 is 0 Å². The number of rotatable bonds is 2. The summed E-state index contributed by atoms with van der Waals surface area (Å²) in [6.45, 7) is 7.47. The SMILES string of the molecule is CC(c1cn[nH]c1)N(C)C(=O)OC(C)(C)C. The van der Waals surface area contributed by atoms with Crippen LogP contribution in [0.1, 0.15) is 39.3 Å². The van der Waals surface area contributed by atoms with Crippen molar-refractivity contribution in [2.45, 2.75) is 39.3 Å². The molecule has 0 aromatic carbocycles. The van der Waals surface area contributed by atoms with Crippen LogP contribution in [0.15, 0.2) is 12.4 Å². The summed E-state index contributed by atoms with van der Waals surface area (Å²) in [5.41, 5.74) is 0.481. The number of aromatic nitrogens is 2. The fourth-order valence-electron chi connectivity index (χ4n) is 1.20. The van der Waals surface area contributed by atoms with Crippen molar-refractivity contribution in [1.29, 1.82) is 0 Å². The maximum absolute atomic E-state index is 11.8. The van der Waals surface area contributed by atoms with Gasteiger partial charge in [-0.25, -0.2) is 4.79 Å². The lowest BCUT2D eigenvalue weighted by molar-refractivity contribution is 0.0234. The molecule has 1 rings (SSSR count). The zero-order chi connectivity index (χ0) is 12.3. The van der Waals surface area contributed by atoms with E-state index in [0.29, 0.717) is 0 Å². The van der Waals surface area contributed by atoms with Crippen LogP contribution in [-0.2, 0) is 4.74 Å². The van der Waals surface area contributed by atoms with Gasteiger partial charge in [-0.3, -0.25) is 5.10 Å². The summed E-state index contributed by atoms with van der Waals surface area (Å²) in [6.07, 6.45) is 3.14. The fraction of sp³-hybridized carbons (Fsp3) is 0.636. The van der Waals surface area contributed by atoms with E-state index < -0.39 is 5.60 Å². The molecule has 90 valence electrons. The van der Waals surface area contributed by atoms with Gasteiger partial charge < -0.3 is 9.64 Å². The highest BCUT2D eigenvalue weighted by Gasteiger charge is 2.23. The minimum Gasteiger partial charge on any atom is -0.444 e. The zero-order valence-corrected chi connectivity index (χ0v) is 10.4. The van der Waals surface area contributed by atoms with Crippen LogP contribution in [0, 0.1) is 0 Å². The number of hydrogen-bond donors (Lipinski definition) is 1. The summed E-state index contributed by atoms with van der Waals surface area (Å²) in [4.78, 5) is 13.3. The average Bonchev–Trinajstić information content (AvgIpc) is 2.65. The van der Waals surface area contributed by atoms with E-state index in [4.69, 9.17) is 4.74 Å². The molecule has 0 aliphatic rings. The predicted octanol–water partition coefficient (Wildman–Crippen LogP) is 2.34. The number of ether oxygens (including phenoxy) is 1.